The van der Waals surface area contributed by atoms with Crippen LogP contribution in [-0.4, -0.2) is 33.3 Å². The van der Waals surface area contributed by atoms with Gasteiger partial charge in [-0.25, -0.2) is 14.7 Å². The quantitative estimate of drug-likeness (QED) is 0.859. The fourth-order valence-corrected chi connectivity index (χ4v) is 4.16. The van der Waals surface area contributed by atoms with Crippen LogP contribution in [0, 0.1) is 0 Å². The lowest BCUT2D eigenvalue weighted by atomic mass is 10.1. The molecule has 2 heterocycles. The average molecular weight is 286 g/mol. The standard InChI is InChI=1S/C11H14N2O3S2/c1-11(2,3)13(10(15)16)9-12-7-6(14)4-5-17-8(7)18-9/h4-5H2,1-3H3,(H,15,16). The number of anilines is 1. The summed E-state index contributed by atoms with van der Waals surface area (Å²) in [6, 6.07) is 0. The van der Waals surface area contributed by atoms with Gasteiger partial charge in [0.05, 0.1) is 4.21 Å². The van der Waals surface area contributed by atoms with Crippen molar-refractivity contribution in [1.82, 2.24) is 4.98 Å². The molecule has 1 N–H and O–H groups in total. The summed E-state index contributed by atoms with van der Waals surface area (Å²) < 4.78 is 0.830. The number of carbonyl (C=O) groups is 2. The van der Waals surface area contributed by atoms with E-state index in [1.807, 2.05) is 0 Å². The van der Waals surface area contributed by atoms with Gasteiger partial charge in [-0.15, -0.1) is 11.8 Å². The molecule has 0 fully saturated rings. The maximum absolute atomic E-state index is 11.7. The van der Waals surface area contributed by atoms with Gasteiger partial charge in [0.2, 0.25) is 0 Å². The number of rotatable bonds is 1. The van der Waals surface area contributed by atoms with Gasteiger partial charge in [0, 0.05) is 17.7 Å². The first kappa shape index (κ1) is 13.4. The molecule has 98 valence electrons. The van der Waals surface area contributed by atoms with Crippen LogP contribution >= 0.6 is 23.1 Å². The number of Topliss-reactive ketones (excluding diaryl/α,β-unsaturated/α-hetero) is 1. The van der Waals surface area contributed by atoms with Crippen LogP contribution in [-0.2, 0) is 0 Å². The van der Waals surface area contributed by atoms with E-state index in [2.05, 4.69) is 4.98 Å². The smallest absolute Gasteiger partial charge is 0.414 e. The molecule has 0 radical (unpaired) electrons. The zero-order chi connectivity index (χ0) is 13.5. The number of nitrogens with zero attached hydrogens (tertiary/aromatic N) is 2. The van der Waals surface area contributed by atoms with Gasteiger partial charge in [0.25, 0.3) is 0 Å². The Balaban J connectivity index is 2.44. The van der Waals surface area contributed by atoms with Gasteiger partial charge < -0.3 is 5.11 Å². The molecule has 0 aromatic carbocycles. The average Bonchev–Trinajstić information content (AvgIpc) is 2.59. The van der Waals surface area contributed by atoms with Crippen molar-refractivity contribution in [3.8, 4) is 0 Å². The number of amides is 1. The maximum atomic E-state index is 11.7. The van der Waals surface area contributed by atoms with Crippen LogP contribution in [0.3, 0.4) is 0 Å². The third-order valence-electron chi connectivity index (χ3n) is 2.46. The highest BCUT2D eigenvalue weighted by Crippen LogP contribution is 2.40. The van der Waals surface area contributed by atoms with Gasteiger partial charge in [-0.1, -0.05) is 11.3 Å². The number of aromatic nitrogens is 1. The Kier molecular flexibility index (Phi) is 3.37. The van der Waals surface area contributed by atoms with E-state index in [4.69, 9.17) is 0 Å². The number of ketones is 1. The second-order valence-electron chi connectivity index (χ2n) is 4.94. The van der Waals surface area contributed by atoms with Gasteiger partial charge in [-0.05, 0) is 20.8 Å². The molecule has 7 heteroatoms. The molecule has 5 nitrogen and oxygen atoms in total. The molecule has 0 atom stereocenters. The second-order valence-corrected chi connectivity index (χ2v) is 7.28. The van der Waals surface area contributed by atoms with E-state index in [9.17, 15) is 14.7 Å². The molecule has 18 heavy (non-hydrogen) atoms. The Hall–Kier alpha value is -1.08. The van der Waals surface area contributed by atoms with Crippen LogP contribution < -0.4 is 4.90 Å². The molecular weight excluding hydrogens is 272 g/mol. The fraction of sp³-hybridized carbons (Fsp3) is 0.545. The predicted molar refractivity (Wildman–Crippen MR) is 72.0 cm³/mol. The second kappa shape index (κ2) is 4.55. The van der Waals surface area contributed by atoms with Gasteiger partial charge in [-0.2, -0.15) is 0 Å². The molecule has 0 unspecified atom stereocenters. The van der Waals surface area contributed by atoms with Crippen LogP contribution in [0.4, 0.5) is 9.93 Å². The summed E-state index contributed by atoms with van der Waals surface area (Å²) in [5.74, 6) is 0.751. The highest BCUT2D eigenvalue weighted by Gasteiger charge is 2.33. The molecule has 0 spiro atoms. The number of hydrogen-bond acceptors (Lipinski definition) is 5. The van der Waals surface area contributed by atoms with E-state index in [0.717, 1.165) is 9.96 Å². The summed E-state index contributed by atoms with van der Waals surface area (Å²) in [5, 5.41) is 9.67. The first-order valence-electron chi connectivity index (χ1n) is 5.50. The van der Waals surface area contributed by atoms with E-state index in [1.54, 1.807) is 32.5 Å². The van der Waals surface area contributed by atoms with Gasteiger partial charge in [0.15, 0.2) is 10.9 Å². The summed E-state index contributed by atoms with van der Waals surface area (Å²) in [6.45, 7) is 5.41. The van der Waals surface area contributed by atoms with Crippen molar-refractivity contribution in [2.45, 2.75) is 36.9 Å². The number of carboxylic acid groups (broad SMARTS) is 1. The van der Waals surface area contributed by atoms with Crippen LogP contribution in [0.2, 0.25) is 0 Å². The lowest BCUT2D eigenvalue weighted by molar-refractivity contribution is 0.0980. The zero-order valence-corrected chi connectivity index (χ0v) is 12.0. The number of hydrogen-bond donors (Lipinski definition) is 1. The molecule has 0 aliphatic carbocycles. The van der Waals surface area contributed by atoms with Crippen molar-refractivity contribution in [2.24, 2.45) is 0 Å². The molecule has 1 aromatic heterocycles. The maximum Gasteiger partial charge on any atom is 0.414 e. The third kappa shape index (κ3) is 2.37. The molecule has 1 amide bonds. The van der Waals surface area contributed by atoms with E-state index in [1.165, 1.54) is 16.2 Å². The summed E-state index contributed by atoms with van der Waals surface area (Å²) in [5.41, 5.74) is -0.151. The monoisotopic (exact) mass is 286 g/mol. The van der Waals surface area contributed by atoms with Crippen molar-refractivity contribution in [2.75, 3.05) is 10.7 Å². The molecular formula is C11H14N2O3S2. The zero-order valence-electron chi connectivity index (χ0n) is 10.4. The van der Waals surface area contributed by atoms with Crippen molar-refractivity contribution in [3.05, 3.63) is 5.69 Å². The Morgan fingerprint density at radius 3 is 2.61 bits per heavy atom. The highest BCUT2D eigenvalue weighted by molar-refractivity contribution is 8.01. The van der Waals surface area contributed by atoms with Crippen molar-refractivity contribution < 1.29 is 14.7 Å². The molecule has 1 aliphatic heterocycles. The van der Waals surface area contributed by atoms with Gasteiger partial charge in [0.1, 0.15) is 5.69 Å². The Morgan fingerprint density at radius 1 is 1.44 bits per heavy atom. The lowest BCUT2D eigenvalue weighted by Gasteiger charge is -2.30. The minimum Gasteiger partial charge on any atom is -0.465 e. The topological polar surface area (TPSA) is 70.5 Å². The minimum absolute atomic E-state index is 0.00509. The number of thioether (sulfide) groups is 1. The number of fused-ring (bicyclic) bond motifs is 1. The molecule has 0 saturated heterocycles. The Labute approximate surface area is 113 Å². The number of carbonyl (C=O) groups excluding carboxylic acids is 1. The molecule has 1 aromatic rings. The van der Waals surface area contributed by atoms with Crippen molar-refractivity contribution >= 4 is 40.1 Å². The molecule has 0 bridgehead atoms. The van der Waals surface area contributed by atoms with E-state index < -0.39 is 11.6 Å². The Bertz CT molecular complexity index is 505. The summed E-state index contributed by atoms with van der Waals surface area (Å²) in [7, 11) is 0. The Morgan fingerprint density at radius 2 is 2.11 bits per heavy atom. The van der Waals surface area contributed by atoms with Crippen molar-refractivity contribution in [1.29, 1.82) is 0 Å². The van der Waals surface area contributed by atoms with Gasteiger partial charge in [-0.3, -0.25) is 4.79 Å². The van der Waals surface area contributed by atoms with E-state index in [-0.39, 0.29) is 5.78 Å². The fourth-order valence-electron chi connectivity index (χ4n) is 1.68. The predicted octanol–water partition coefficient (Wildman–Crippen LogP) is 3.10. The van der Waals surface area contributed by atoms with Crippen LogP contribution in [0.15, 0.2) is 4.21 Å². The normalized spacial score (nSPS) is 15.4. The summed E-state index contributed by atoms with van der Waals surface area (Å²) in [4.78, 5) is 28.5. The molecule has 1 aliphatic rings. The SMILES string of the molecule is CC(C)(C)N(C(=O)O)c1nc2c(s1)SCCC2=O. The van der Waals surface area contributed by atoms with Gasteiger partial charge >= 0.3 is 6.09 Å². The molecule has 2 rings (SSSR count). The molecule has 0 saturated carbocycles. The highest BCUT2D eigenvalue weighted by atomic mass is 32.2. The number of thiazole rings is 1. The van der Waals surface area contributed by atoms with E-state index in [0.29, 0.717) is 17.2 Å². The van der Waals surface area contributed by atoms with E-state index >= 15 is 0 Å². The lowest BCUT2D eigenvalue weighted by Crippen LogP contribution is -2.45. The van der Waals surface area contributed by atoms with Crippen molar-refractivity contribution in [3.63, 3.8) is 0 Å². The summed E-state index contributed by atoms with van der Waals surface area (Å²) in [6.07, 6.45) is -0.574. The van der Waals surface area contributed by atoms with Crippen LogP contribution in [0.25, 0.3) is 0 Å². The largest absolute Gasteiger partial charge is 0.465 e. The minimum atomic E-state index is -1.05. The first-order valence-corrected chi connectivity index (χ1v) is 7.31. The first-order chi connectivity index (χ1) is 8.30. The third-order valence-corrected chi connectivity index (χ3v) is 4.77. The summed E-state index contributed by atoms with van der Waals surface area (Å²) >= 11 is 2.85. The van der Waals surface area contributed by atoms with Crippen LogP contribution in [0.5, 0.6) is 0 Å². The van der Waals surface area contributed by atoms with Crippen LogP contribution in [0.1, 0.15) is 37.7 Å².